The highest BCUT2D eigenvalue weighted by atomic mass is 16.5. The number of aromatic nitrogens is 4. The first-order chi connectivity index (χ1) is 14.1. The van der Waals surface area contributed by atoms with Crippen LogP contribution in [0.1, 0.15) is 39.0 Å². The number of ether oxygens (including phenoxy) is 1. The van der Waals surface area contributed by atoms with E-state index in [9.17, 15) is 4.79 Å². The summed E-state index contributed by atoms with van der Waals surface area (Å²) >= 11 is 0. The summed E-state index contributed by atoms with van der Waals surface area (Å²) in [4.78, 5) is 22.0. The Labute approximate surface area is 169 Å². The number of hydrogen-bond acceptors (Lipinski definition) is 7. The Kier molecular flexibility index (Phi) is 5.44. The van der Waals surface area contributed by atoms with Crippen molar-refractivity contribution in [3.8, 4) is 5.82 Å². The number of nitrogens with one attached hydrogen (secondary N) is 1. The molecule has 0 aliphatic heterocycles. The Hall–Kier alpha value is -3.00. The summed E-state index contributed by atoms with van der Waals surface area (Å²) in [6.07, 6.45) is 7.51. The second kappa shape index (κ2) is 8.16. The van der Waals surface area contributed by atoms with Gasteiger partial charge in [-0.2, -0.15) is 10.1 Å². The van der Waals surface area contributed by atoms with Crippen molar-refractivity contribution in [3.05, 3.63) is 42.7 Å². The van der Waals surface area contributed by atoms with Crippen LogP contribution in [0.4, 0.5) is 5.95 Å². The van der Waals surface area contributed by atoms with Crippen LogP contribution in [0.25, 0.3) is 16.7 Å². The van der Waals surface area contributed by atoms with Gasteiger partial charge in [-0.1, -0.05) is 37.5 Å². The highest BCUT2D eigenvalue weighted by Crippen LogP contribution is 2.32. The van der Waals surface area contributed by atoms with Crippen molar-refractivity contribution < 1.29 is 9.53 Å². The molecule has 0 bridgehead atoms. The average Bonchev–Trinajstić information content (AvgIpc) is 3.18. The fraction of sp³-hybridized carbons (Fsp3) is 0.429. The van der Waals surface area contributed by atoms with E-state index in [0.717, 1.165) is 30.2 Å². The summed E-state index contributed by atoms with van der Waals surface area (Å²) in [6.45, 7) is 2.09. The number of hydrogen-bond donors (Lipinski definition) is 2. The van der Waals surface area contributed by atoms with Gasteiger partial charge < -0.3 is 15.8 Å². The van der Waals surface area contributed by atoms with Crippen LogP contribution in [-0.2, 0) is 9.53 Å². The van der Waals surface area contributed by atoms with Gasteiger partial charge in [0, 0.05) is 24.2 Å². The Morgan fingerprint density at radius 2 is 2.07 bits per heavy atom. The molecule has 1 unspecified atom stereocenters. The van der Waals surface area contributed by atoms with Crippen LogP contribution in [0.5, 0.6) is 0 Å². The van der Waals surface area contributed by atoms with Crippen LogP contribution >= 0.6 is 0 Å². The van der Waals surface area contributed by atoms with E-state index in [-0.39, 0.29) is 12.1 Å². The number of esters is 1. The van der Waals surface area contributed by atoms with Gasteiger partial charge in [-0.3, -0.25) is 0 Å². The SMILES string of the molecule is CC(CN)OC(=O)C1(Nc2nccc(-n3ncc4ccccc43)n2)CCCCC1. The summed E-state index contributed by atoms with van der Waals surface area (Å²) in [6, 6.07) is 9.73. The first kappa shape index (κ1) is 19.3. The van der Waals surface area contributed by atoms with E-state index in [2.05, 4.69) is 20.4 Å². The Bertz CT molecular complexity index is 996. The van der Waals surface area contributed by atoms with Crippen LogP contribution in [-0.4, -0.2) is 43.9 Å². The van der Waals surface area contributed by atoms with Gasteiger partial charge in [-0.15, -0.1) is 0 Å². The van der Waals surface area contributed by atoms with E-state index in [1.54, 1.807) is 30.1 Å². The summed E-state index contributed by atoms with van der Waals surface area (Å²) in [5, 5.41) is 8.78. The fourth-order valence-corrected chi connectivity index (χ4v) is 3.77. The quantitative estimate of drug-likeness (QED) is 0.619. The molecule has 1 saturated carbocycles. The molecule has 0 spiro atoms. The normalized spacial score (nSPS) is 17.0. The average molecular weight is 394 g/mol. The van der Waals surface area contributed by atoms with Crippen molar-refractivity contribution in [2.45, 2.75) is 50.7 Å². The maximum atomic E-state index is 13.0. The van der Waals surface area contributed by atoms with Gasteiger partial charge in [0.2, 0.25) is 5.95 Å². The van der Waals surface area contributed by atoms with Gasteiger partial charge >= 0.3 is 5.97 Å². The predicted octanol–water partition coefficient (Wildman–Crippen LogP) is 2.82. The molecule has 1 atom stereocenters. The summed E-state index contributed by atoms with van der Waals surface area (Å²) in [5.74, 6) is 0.744. The number of nitrogens with zero attached hydrogens (tertiary/aromatic N) is 4. The first-order valence-corrected chi connectivity index (χ1v) is 10.1. The van der Waals surface area contributed by atoms with Gasteiger partial charge in [0.1, 0.15) is 11.6 Å². The minimum Gasteiger partial charge on any atom is -0.460 e. The molecule has 8 heteroatoms. The number of para-hydroxylation sites is 1. The zero-order valence-electron chi connectivity index (χ0n) is 16.5. The van der Waals surface area contributed by atoms with E-state index < -0.39 is 5.54 Å². The van der Waals surface area contributed by atoms with Crippen molar-refractivity contribution in [2.24, 2.45) is 5.73 Å². The molecule has 152 valence electrons. The van der Waals surface area contributed by atoms with Gasteiger partial charge in [0.05, 0.1) is 11.7 Å². The maximum Gasteiger partial charge on any atom is 0.332 e. The molecule has 1 fully saturated rings. The molecular formula is C21H26N6O2. The number of carbonyl (C=O) groups excluding carboxylic acids is 1. The van der Waals surface area contributed by atoms with Crippen LogP contribution < -0.4 is 11.1 Å². The molecule has 3 aromatic rings. The smallest absolute Gasteiger partial charge is 0.332 e. The molecule has 2 heterocycles. The van der Waals surface area contributed by atoms with Gasteiger partial charge in [-0.05, 0) is 25.8 Å². The van der Waals surface area contributed by atoms with Crippen LogP contribution in [0, 0.1) is 0 Å². The molecule has 2 aromatic heterocycles. The Balaban J connectivity index is 1.63. The molecule has 8 nitrogen and oxygen atoms in total. The number of fused-ring (bicyclic) bond motifs is 1. The van der Waals surface area contributed by atoms with E-state index in [4.69, 9.17) is 10.5 Å². The van der Waals surface area contributed by atoms with Gasteiger partial charge in [0.15, 0.2) is 5.82 Å². The third-order valence-electron chi connectivity index (χ3n) is 5.42. The van der Waals surface area contributed by atoms with Crippen molar-refractivity contribution in [1.82, 2.24) is 19.7 Å². The summed E-state index contributed by atoms with van der Waals surface area (Å²) in [5.41, 5.74) is 5.77. The molecule has 0 amide bonds. The molecule has 3 N–H and O–H groups in total. The second-order valence-electron chi connectivity index (χ2n) is 7.57. The highest BCUT2D eigenvalue weighted by Gasteiger charge is 2.42. The number of carbonyl (C=O) groups is 1. The largest absolute Gasteiger partial charge is 0.460 e. The second-order valence-corrected chi connectivity index (χ2v) is 7.57. The minimum absolute atomic E-state index is 0.284. The molecule has 1 aliphatic carbocycles. The maximum absolute atomic E-state index is 13.0. The molecule has 1 aliphatic rings. The monoisotopic (exact) mass is 394 g/mol. The predicted molar refractivity (Wildman–Crippen MR) is 111 cm³/mol. The Morgan fingerprint density at radius 3 is 2.86 bits per heavy atom. The van der Waals surface area contributed by atoms with Crippen LogP contribution in [0.3, 0.4) is 0 Å². The van der Waals surface area contributed by atoms with E-state index in [0.29, 0.717) is 31.2 Å². The van der Waals surface area contributed by atoms with E-state index in [1.165, 1.54) is 0 Å². The van der Waals surface area contributed by atoms with Crippen molar-refractivity contribution in [2.75, 3.05) is 11.9 Å². The number of nitrogens with two attached hydrogens (primary N) is 1. The lowest BCUT2D eigenvalue weighted by atomic mass is 9.81. The third kappa shape index (κ3) is 3.93. The topological polar surface area (TPSA) is 108 Å². The summed E-state index contributed by atoms with van der Waals surface area (Å²) < 4.78 is 7.34. The lowest BCUT2D eigenvalue weighted by molar-refractivity contribution is -0.154. The fourth-order valence-electron chi connectivity index (χ4n) is 3.77. The Morgan fingerprint density at radius 1 is 1.28 bits per heavy atom. The standard InChI is InChI=1S/C21H26N6O2/c1-15(13-22)29-19(28)21(10-5-2-6-11-21)26-20-23-12-9-18(25-20)27-17-8-4-3-7-16(17)14-24-27/h3-4,7-9,12,14-15H,2,5-6,10-11,13,22H2,1H3,(H,23,25,26). The molecular weight excluding hydrogens is 368 g/mol. The van der Waals surface area contributed by atoms with E-state index >= 15 is 0 Å². The molecule has 1 aromatic carbocycles. The number of anilines is 1. The summed E-state index contributed by atoms with van der Waals surface area (Å²) in [7, 11) is 0. The van der Waals surface area contributed by atoms with Crippen molar-refractivity contribution >= 4 is 22.8 Å². The first-order valence-electron chi connectivity index (χ1n) is 10.1. The van der Waals surface area contributed by atoms with Crippen LogP contribution in [0.2, 0.25) is 0 Å². The lowest BCUT2D eigenvalue weighted by Gasteiger charge is -2.36. The highest BCUT2D eigenvalue weighted by molar-refractivity contribution is 5.84. The van der Waals surface area contributed by atoms with Gasteiger partial charge in [-0.25, -0.2) is 14.5 Å². The van der Waals surface area contributed by atoms with Crippen LogP contribution in [0.15, 0.2) is 42.7 Å². The zero-order valence-corrected chi connectivity index (χ0v) is 16.5. The minimum atomic E-state index is -0.827. The lowest BCUT2D eigenvalue weighted by Crippen LogP contribution is -2.50. The number of rotatable bonds is 6. The third-order valence-corrected chi connectivity index (χ3v) is 5.42. The van der Waals surface area contributed by atoms with E-state index in [1.807, 2.05) is 24.3 Å². The van der Waals surface area contributed by atoms with Gasteiger partial charge in [0.25, 0.3) is 0 Å². The molecule has 29 heavy (non-hydrogen) atoms. The molecule has 0 radical (unpaired) electrons. The zero-order chi connectivity index (χ0) is 20.3. The van der Waals surface area contributed by atoms with Crippen molar-refractivity contribution in [3.63, 3.8) is 0 Å². The number of benzene rings is 1. The van der Waals surface area contributed by atoms with Crippen molar-refractivity contribution in [1.29, 1.82) is 0 Å². The molecule has 4 rings (SSSR count). The molecule has 0 saturated heterocycles.